The van der Waals surface area contributed by atoms with Gasteiger partial charge in [0.2, 0.25) is 5.95 Å². The van der Waals surface area contributed by atoms with Gasteiger partial charge >= 0.3 is 0 Å². The van der Waals surface area contributed by atoms with E-state index in [1.54, 1.807) is 16.8 Å². The van der Waals surface area contributed by atoms with E-state index in [0.717, 1.165) is 11.4 Å². The van der Waals surface area contributed by atoms with Gasteiger partial charge < -0.3 is 10.5 Å². The van der Waals surface area contributed by atoms with Gasteiger partial charge in [0.15, 0.2) is 5.65 Å². The Kier molecular flexibility index (Phi) is 3.43. The fraction of sp³-hybridized carbons (Fsp3) is 0.200. The number of nitrogens with two attached hydrogens (primary N) is 1. The van der Waals surface area contributed by atoms with Crippen molar-refractivity contribution in [2.24, 2.45) is 0 Å². The molecule has 0 atom stereocenters. The zero-order valence-corrected chi connectivity index (χ0v) is 12.5. The maximum absolute atomic E-state index is 5.99. The number of halogens is 1. The summed E-state index contributed by atoms with van der Waals surface area (Å²) in [6.45, 7) is 3.98. The Morgan fingerprint density at radius 1 is 1.24 bits per heavy atom. The third kappa shape index (κ3) is 2.64. The molecule has 21 heavy (non-hydrogen) atoms. The van der Waals surface area contributed by atoms with Crippen molar-refractivity contribution in [2.75, 3.05) is 5.73 Å². The highest BCUT2D eigenvalue weighted by molar-refractivity contribution is 6.31. The number of hydrogen-bond acceptors (Lipinski definition) is 4. The third-order valence-corrected chi connectivity index (χ3v) is 3.16. The summed E-state index contributed by atoms with van der Waals surface area (Å²) in [6.07, 6.45) is 1.72. The van der Waals surface area contributed by atoms with Crippen molar-refractivity contribution < 1.29 is 4.74 Å². The molecule has 0 aliphatic carbocycles. The number of rotatable bonds is 3. The first-order valence-electron chi connectivity index (χ1n) is 6.61. The molecule has 2 heterocycles. The SMILES string of the molecule is CC(C)Oc1ccc(-n2c(N)nc3cc(Cl)cnc32)cc1. The normalized spacial score (nSPS) is 11.2. The molecule has 0 saturated heterocycles. The molecule has 0 aliphatic rings. The third-order valence-electron chi connectivity index (χ3n) is 2.96. The second kappa shape index (κ2) is 5.26. The minimum absolute atomic E-state index is 0.138. The van der Waals surface area contributed by atoms with Crippen molar-refractivity contribution in [3.8, 4) is 11.4 Å². The molecule has 0 radical (unpaired) electrons. The standard InChI is InChI=1S/C15H15ClN4O/c1-9(2)21-12-5-3-11(4-6-12)20-14-13(19-15(20)17)7-10(16)8-18-14/h3-9H,1-2H3,(H2,17,19). The van der Waals surface area contributed by atoms with Crippen LogP contribution >= 0.6 is 11.6 Å². The highest BCUT2D eigenvalue weighted by Gasteiger charge is 2.12. The monoisotopic (exact) mass is 302 g/mol. The number of pyridine rings is 1. The van der Waals surface area contributed by atoms with E-state index in [1.807, 2.05) is 38.1 Å². The molecule has 3 aromatic rings. The lowest BCUT2D eigenvalue weighted by Crippen LogP contribution is -2.06. The first kappa shape index (κ1) is 13.7. The Bertz CT molecular complexity index is 780. The summed E-state index contributed by atoms with van der Waals surface area (Å²) in [5.41, 5.74) is 8.21. The van der Waals surface area contributed by atoms with Crippen LogP contribution in [-0.2, 0) is 0 Å². The number of anilines is 1. The lowest BCUT2D eigenvalue weighted by Gasteiger charge is -2.11. The number of hydrogen-bond donors (Lipinski definition) is 1. The molecule has 0 saturated carbocycles. The number of imidazole rings is 1. The quantitative estimate of drug-likeness (QED) is 0.805. The minimum atomic E-state index is 0.138. The van der Waals surface area contributed by atoms with Gasteiger partial charge in [-0.1, -0.05) is 11.6 Å². The van der Waals surface area contributed by atoms with Crippen molar-refractivity contribution in [3.05, 3.63) is 41.6 Å². The van der Waals surface area contributed by atoms with Crippen molar-refractivity contribution >= 4 is 28.7 Å². The number of nitrogen functional groups attached to an aromatic ring is 1. The van der Waals surface area contributed by atoms with Gasteiger partial charge in [0, 0.05) is 6.20 Å². The molecule has 0 unspecified atom stereocenters. The number of benzene rings is 1. The fourth-order valence-corrected chi connectivity index (χ4v) is 2.31. The van der Waals surface area contributed by atoms with Crippen LogP contribution in [0.5, 0.6) is 5.75 Å². The number of ether oxygens (including phenoxy) is 1. The molecule has 2 N–H and O–H groups in total. The fourth-order valence-electron chi connectivity index (χ4n) is 2.16. The van der Waals surface area contributed by atoms with Gasteiger partial charge in [0.1, 0.15) is 11.3 Å². The Hall–Kier alpha value is -2.27. The molecule has 0 bridgehead atoms. The lowest BCUT2D eigenvalue weighted by atomic mass is 10.3. The molecule has 0 spiro atoms. The first-order chi connectivity index (χ1) is 10.0. The Balaban J connectivity index is 2.05. The zero-order chi connectivity index (χ0) is 15.0. The van der Waals surface area contributed by atoms with Gasteiger partial charge in [-0.2, -0.15) is 0 Å². The van der Waals surface area contributed by atoms with Crippen LogP contribution in [0.2, 0.25) is 5.02 Å². The predicted molar refractivity (Wildman–Crippen MR) is 84.1 cm³/mol. The van der Waals surface area contributed by atoms with E-state index in [4.69, 9.17) is 22.1 Å². The van der Waals surface area contributed by atoms with E-state index < -0.39 is 0 Å². The van der Waals surface area contributed by atoms with Crippen LogP contribution in [0.1, 0.15) is 13.8 Å². The van der Waals surface area contributed by atoms with Crippen LogP contribution in [0.25, 0.3) is 16.9 Å². The Labute approximate surface area is 127 Å². The van der Waals surface area contributed by atoms with Gasteiger partial charge in [0.05, 0.1) is 16.8 Å². The van der Waals surface area contributed by atoms with E-state index in [9.17, 15) is 0 Å². The predicted octanol–water partition coefficient (Wildman–Crippen LogP) is 3.44. The van der Waals surface area contributed by atoms with E-state index in [2.05, 4.69) is 9.97 Å². The van der Waals surface area contributed by atoms with E-state index >= 15 is 0 Å². The van der Waals surface area contributed by atoms with Gasteiger partial charge in [0.25, 0.3) is 0 Å². The smallest absolute Gasteiger partial charge is 0.207 e. The topological polar surface area (TPSA) is 66.0 Å². The lowest BCUT2D eigenvalue weighted by molar-refractivity contribution is 0.242. The van der Waals surface area contributed by atoms with Crippen molar-refractivity contribution in [2.45, 2.75) is 20.0 Å². The summed E-state index contributed by atoms with van der Waals surface area (Å²) in [7, 11) is 0. The van der Waals surface area contributed by atoms with Crippen molar-refractivity contribution in [1.29, 1.82) is 0 Å². The molecule has 0 amide bonds. The molecule has 2 aromatic heterocycles. The largest absolute Gasteiger partial charge is 0.491 e. The molecule has 0 fully saturated rings. The summed E-state index contributed by atoms with van der Waals surface area (Å²) in [5, 5.41) is 0.535. The van der Waals surface area contributed by atoms with Crippen LogP contribution in [0, 0.1) is 0 Å². The molecular weight excluding hydrogens is 288 g/mol. The van der Waals surface area contributed by atoms with Crippen molar-refractivity contribution in [3.63, 3.8) is 0 Å². The Morgan fingerprint density at radius 3 is 2.62 bits per heavy atom. The molecule has 6 heteroatoms. The van der Waals surface area contributed by atoms with Crippen LogP contribution < -0.4 is 10.5 Å². The molecular formula is C15H15ClN4O. The summed E-state index contributed by atoms with van der Waals surface area (Å²) < 4.78 is 7.41. The second-order valence-corrected chi connectivity index (χ2v) is 5.40. The number of aromatic nitrogens is 3. The minimum Gasteiger partial charge on any atom is -0.491 e. The van der Waals surface area contributed by atoms with Crippen LogP contribution in [0.15, 0.2) is 36.5 Å². The summed E-state index contributed by atoms with van der Waals surface area (Å²) in [6, 6.07) is 9.39. The highest BCUT2D eigenvalue weighted by atomic mass is 35.5. The maximum atomic E-state index is 5.99. The number of nitrogens with zero attached hydrogens (tertiary/aromatic N) is 3. The molecule has 108 valence electrons. The van der Waals surface area contributed by atoms with Gasteiger partial charge in [-0.25, -0.2) is 9.97 Å². The molecule has 0 aliphatic heterocycles. The van der Waals surface area contributed by atoms with Gasteiger partial charge in [-0.05, 0) is 44.2 Å². The van der Waals surface area contributed by atoms with E-state index in [1.165, 1.54) is 0 Å². The Morgan fingerprint density at radius 2 is 1.95 bits per heavy atom. The second-order valence-electron chi connectivity index (χ2n) is 4.96. The molecule has 5 nitrogen and oxygen atoms in total. The molecule has 1 aromatic carbocycles. The van der Waals surface area contributed by atoms with Gasteiger partial charge in [-0.15, -0.1) is 0 Å². The molecule has 3 rings (SSSR count). The van der Waals surface area contributed by atoms with E-state index in [0.29, 0.717) is 22.1 Å². The first-order valence-corrected chi connectivity index (χ1v) is 6.99. The summed E-state index contributed by atoms with van der Waals surface area (Å²) in [5.74, 6) is 1.19. The van der Waals surface area contributed by atoms with Crippen LogP contribution in [0.4, 0.5) is 5.95 Å². The average molecular weight is 303 g/mol. The van der Waals surface area contributed by atoms with Gasteiger partial charge in [-0.3, -0.25) is 4.57 Å². The highest BCUT2D eigenvalue weighted by Crippen LogP contribution is 2.25. The van der Waals surface area contributed by atoms with Crippen LogP contribution in [0.3, 0.4) is 0 Å². The zero-order valence-electron chi connectivity index (χ0n) is 11.7. The van der Waals surface area contributed by atoms with Crippen molar-refractivity contribution in [1.82, 2.24) is 14.5 Å². The summed E-state index contributed by atoms with van der Waals surface area (Å²) >= 11 is 5.93. The van der Waals surface area contributed by atoms with Crippen LogP contribution in [-0.4, -0.2) is 20.6 Å². The maximum Gasteiger partial charge on any atom is 0.207 e. The average Bonchev–Trinajstić information content (AvgIpc) is 2.74. The summed E-state index contributed by atoms with van der Waals surface area (Å²) in [4.78, 5) is 8.59. The number of fused-ring (bicyclic) bond motifs is 1. The van der Waals surface area contributed by atoms with E-state index in [-0.39, 0.29) is 6.10 Å².